The Bertz CT molecular complexity index is 1860. The molecule has 214 valence electrons. The maximum absolute atomic E-state index is 6.12. The van der Waals surface area contributed by atoms with Crippen LogP contribution in [0.25, 0.3) is 50.4 Å². The number of hydrogen-bond donors (Lipinski definition) is 0. The molecule has 5 heteroatoms. The third kappa shape index (κ3) is 5.03. The number of aromatic nitrogens is 3. The molecule has 6 aromatic rings. The molecule has 2 aromatic heterocycles. The Morgan fingerprint density at radius 1 is 0.698 bits per heavy atom. The minimum atomic E-state index is 0.492. The van der Waals surface area contributed by atoms with Gasteiger partial charge in [-0.1, -0.05) is 67.5 Å². The lowest BCUT2D eigenvalue weighted by atomic mass is 9.89. The van der Waals surface area contributed by atoms with Crippen molar-refractivity contribution in [2.45, 2.75) is 38.5 Å². The first-order chi connectivity index (χ1) is 21.3. The fourth-order valence-electron chi connectivity index (χ4n) is 7.23. The van der Waals surface area contributed by atoms with E-state index in [0.717, 1.165) is 53.3 Å². The van der Waals surface area contributed by atoms with Crippen molar-refractivity contribution in [3.63, 3.8) is 0 Å². The predicted octanol–water partition coefficient (Wildman–Crippen LogP) is 9.65. The van der Waals surface area contributed by atoms with Gasteiger partial charge in [-0.3, -0.25) is 0 Å². The second-order valence-corrected chi connectivity index (χ2v) is 12.1. The minimum Gasteiger partial charge on any atom is -0.494 e. The number of ether oxygens (including phenoxy) is 1. The van der Waals surface area contributed by atoms with Crippen LogP contribution in [0.5, 0.6) is 5.75 Å². The maximum Gasteiger partial charge on any atom is 0.248 e. The Kier molecular flexibility index (Phi) is 6.79. The van der Waals surface area contributed by atoms with Crippen LogP contribution in [0, 0.1) is 17.8 Å². The zero-order valence-corrected chi connectivity index (χ0v) is 24.2. The largest absolute Gasteiger partial charge is 0.494 e. The molecule has 0 spiro atoms. The van der Waals surface area contributed by atoms with E-state index >= 15 is 0 Å². The number of para-hydroxylation sites is 2. The summed E-state index contributed by atoms with van der Waals surface area (Å²) in [6.45, 7) is 0.730. The van der Waals surface area contributed by atoms with E-state index in [4.69, 9.17) is 9.15 Å². The Hall–Kier alpha value is -4.64. The van der Waals surface area contributed by atoms with Crippen molar-refractivity contribution >= 4 is 21.8 Å². The highest BCUT2D eigenvalue weighted by atomic mass is 16.5. The van der Waals surface area contributed by atoms with E-state index in [-0.39, 0.29) is 0 Å². The summed E-state index contributed by atoms with van der Waals surface area (Å²) in [4.78, 5) is 0. The van der Waals surface area contributed by atoms with Crippen molar-refractivity contribution in [3.8, 4) is 34.3 Å². The summed E-state index contributed by atoms with van der Waals surface area (Å²) in [5.74, 6) is 4.49. The zero-order chi connectivity index (χ0) is 28.6. The second-order valence-electron chi connectivity index (χ2n) is 12.1. The van der Waals surface area contributed by atoms with Crippen molar-refractivity contribution in [3.05, 3.63) is 109 Å². The first-order valence-corrected chi connectivity index (χ1v) is 15.6. The molecule has 1 saturated carbocycles. The molecular formula is C38H35N3O2. The predicted molar refractivity (Wildman–Crippen MR) is 172 cm³/mol. The van der Waals surface area contributed by atoms with Crippen LogP contribution in [0.3, 0.4) is 0 Å². The van der Waals surface area contributed by atoms with Crippen LogP contribution in [-0.4, -0.2) is 21.4 Å². The lowest BCUT2D eigenvalue weighted by Gasteiger charge is -2.17. The number of hydrogen-bond acceptors (Lipinski definition) is 4. The molecule has 2 aliphatic rings. The van der Waals surface area contributed by atoms with E-state index in [1.54, 1.807) is 0 Å². The summed E-state index contributed by atoms with van der Waals surface area (Å²) < 4.78 is 14.5. The summed E-state index contributed by atoms with van der Waals surface area (Å²) in [6.07, 6.45) is 12.7. The normalized spacial score (nSPS) is 19.1. The maximum atomic E-state index is 6.12. The van der Waals surface area contributed by atoms with Gasteiger partial charge in [0.25, 0.3) is 0 Å². The molecule has 0 N–H and O–H groups in total. The highest BCUT2D eigenvalue weighted by molar-refractivity contribution is 6.09. The van der Waals surface area contributed by atoms with Gasteiger partial charge >= 0.3 is 0 Å². The van der Waals surface area contributed by atoms with Crippen molar-refractivity contribution in [1.82, 2.24) is 14.8 Å². The molecule has 0 amide bonds. The van der Waals surface area contributed by atoms with Crippen LogP contribution in [0.2, 0.25) is 0 Å². The second kappa shape index (κ2) is 11.2. The molecule has 2 bridgehead atoms. The molecule has 2 aliphatic carbocycles. The third-order valence-electron chi connectivity index (χ3n) is 9.36. The van der Waals surface area contributed by atoms with Crippen LogP contribution in [0.15, 0.2) is 114 Å². The molecule has 0 saturated heterocycles. The van der Waals surface area contributed by atoms with Gasteiger partial charge in [0, 0.05) is 27.6 Å². The fourth-order valence-corrected chi connectivity index (χ4v) is 7.23. The summed E-state index contributed by atoms with van der Waals surface area (Å²) in [7, 11) is 0. The molecule has 0 aliphatic heterocycles. The number of allylic oxidation sites excluding steroid dienone is 2. The van der Waals surface area contributed by atoms with Gasteiger partial charge in [-0.2, -0.15) is 0 Å². The standard InChI is InChI=1S/C38H35N3O2/c1(2-9-28-23-26-16-17-29(28)24-26)7-22-42-32-11-8-10-30(25-32)38-40-39-37(43-38)27-18-20-31(21-19-27)41-35-14-5-3-12-33(35)34-13-4-6-15-36(34)41/h3-6,8,10-21,25-26,28-29H,1-2,7,9,22-24H2. The van der Waals surface area contributed by atoms with Gasteiger partial charge in [0.15, 0.2) is 0 Å². The SMILES string of the molecule is C1=CC2CC1CC2CCCCCOc1cccc(-c2nnc(-c3ccc(-n4c5ccccc5c5ccccc54)cc3)o2)c1. The number of rotatable bonds is 10. The lowest BCUT2D eigenvalue weighted by Crippen LogP contribution is -2.07. The van der Waals surface area contributed by atoms with Crippen LogP contribution >= 0.6 is 0 Å². The monoisotopic (exact) mass is 565 g/mol. The Morgan fingerprint density at radius 2 is 1.44 bits per heavy atom. The number of nitrogens with zero attached hydrogens (tertiary/aromatic N) is 3. The van der Waals surface area contributed by atoms with E-state index < -0.39 is 0 Å². The summed E-state index contributed by atoms with van der Waals surface area (Å²) in [5.41, 5.74) is 5.21. The Morgan fingerprint density at radius 3 is 2.16 bits per heavy atom. The molecule has 8 rings (SSSR count). The summed E-state index contributed by atoms with van der Waals surface area (Å²) >= 11 is 0. The summed E-state index contributed by atoms with van der Waals surface area (Å²) in [5, 5.41) is 11.2. The van der Waals surface area contributed by atoms with E-state index in [2.05, 4.69) is 87.6 Å². The first-order valence-electron chi connectivity index (χ1n) is 15.6. The van der Waals surface area contributed by atoms with E-state index in [0.29, 0.717) is 11.8 Å². The molecular weight excluding hydrogens is 530 g/mol. The quantitative estimate of drug-likeness (QED) is 0.123. The molecule has 2 heterocycles. The highest BCUT2D eigenvalue weighted by Gasteiger charge is 2.34. The average molecular weight is 566 g/mol. The number of benzene rings is 4. The van der Waals surface area contributed by atoms with Crippen LogP contribution in [-0.2, 0) is 0 Å². The topological polar surface area (TPSA) is 53.1 Å². The Labute approximate surface area is 251 Å². The van der Waals surface area contributed by atoms with Crippen molar-refractivity contribution in [2.75, 3.05) is 6.61 Å². The first kappa shape index (κ1) is 26.0. The van der Waals surface area contributed by atoms with Gasteiger partial charge in [0.2, 0.25) is 11.8 Å². The number of fused-ring (bicyclic) bond motifs is 5. The van der Waals surface area contributed by atoms with Gasteiger partial charge in [-0.05, 0) is 98.0 Å². The third-order valence-corrected chi connectivity index (χ3v) is 9.36. The molecule has 0 radical (unpaired) electrons. The van der Waals surface area contributed by atoms with E-state index in [9.17, 15) is 0 Å². The highest BCUT2D eigenvalue weighted by Crippen LogP contribution is 2.45. The number of unbranched alkanes of at least 4 members (excludes halogenated alkanes) is 2. The van der Waals surface area contributed by atoms with Crippen LogP contribution < -0.4 is 4.74 Å². The van der Waals surface area contributed by atoms with Crippen molar-refractivity contribution in [1.29, 1.82) is 0 Å². The molecule has 3 atom stereocenters. The zero-order valence-electron chi connectivity index (χ0n) is 24.2. The van der Waals surface area contributed by atoms with Gasteiger partial charge in [-0.15, -0.1) is 10.2 Å². The molecule has 3 unspecified atom stereocenters. The van der Waals surface area contributed by atoms with Gasteiger partial charge in [0.1, 0.15) is 5.75 Å². The fraction of sp³-hybridized carbons (Fsp3) is 0.263. The molecule has 5 nitrogen and oxygen atoms in total. The Balaban J connectivity index is 0.915. The van der Waals surface area contributed by atoms with Gasteiger partial charge in [-0.25, -0.2) is 0 Å². The van der Waals surface area contributed by atoms with E-state index in [1.807, 2.05) is 36.4 Å². The van der Waals surface area contributed by atoms with Crippen LogP contribution in [0.1, 0.15) is 38.5 Å². The van der Waals surface area contributed by atoms with Gasteiger partial charge in [0.05, 0.1) is 17.6 Å². The van der Waals surface area contributed by atoms with Crippen LogP contribution in [0.4, 0.5) is 0 Å². The summed E-state index contributed by atoms with van der Waals surface area (Å²) in [6, 6.07) is 33.3. The lowest BCUT2D eigenvalue weighted by molar-refractivity contribution is 0.299. The molecule has 4 aromatic carbocycles. The minimum absolute atomic E-state index is 0.492. The smallest absolute Gasteiger partial charge is 0.248 e. The van der Waals surface area contributed by atoms with E-state index in [1.165, 1.54) is 53.9 Å². The average Bonchev–Trinajstić information content (AvgIpc) is 3.87. The van der Waals surface area contributed by atoms with Crippen molar-refractivity contribution in [2.24, 2.45) is 17.8 Å². The molecule has 1 fully saturated rings. The van der Waals surface area contributed by atoms with Crippen molar-refractivity contribution < 1.29 is 9.15 Å². The van der Waals surface area contributed by atoms with Gasteiger partial charge < -0.3 is 13.7 Å². The molecule has 43 heavy (non-hydrogen) atoms.